The van der Waals surface area contributed by atoms with E-state index in [4.69, 9.17) is 9.47 Å². The summed E-state index contributed by atoms with van der Waals surface area (Å²) in [6.07, 6.45) is 3.06. The topological polar surface area (TPSA) is 111 Å². The lowest BCUT2D eigenvalue weighted by Crippen LogP contribution is -2.26. The molecule has 1 atom stereocenters. The predicted molar refractivity (Wildman–Crippen MR) is 140 cm³/mol. The van der Waals surface area contributed by atoms with E-state index in [1.54, 1.807) is 24.5 Å². The van der Waals surface area contributed by atoms with Crippen LogP contribution in [0.3, 0.4) is 0 Å². The van der Waals surface area contributed by atoms with Gasteiger partial charge in [0.2, 0.25) is 0 Å². The third kappa shape index (κ3) is 6.20. The fourth-order valence-corrected chi connectivity index (χ4v) is 4.09. The number of benzene rings is 2. The van der Waals surface area contributed by atoms with E-state index in [0.717, 1.165) is 23.5 Å². The van der Waals surface area contributed by atoms with Crippen LogP contribution in [0.15, 0.2) is 85.2 Å². The standard InChI is InChI=1S/C28H28N4O5/c1-36-26-17-24(25(32(34)35)18-27(26)37-2)28(33)20-9-11-23(12-10-20)31(19-22-8-4-6-15-30-22)16-13-21-7-3-5-14-29-21/h3-12,14-15,17-18,28,33H,13,16,19H2,1-2H3. The third-order valence-corrected chi connectivity index (χ3v) is 6.04. The van der Waals surface area contributed by atoms with Crippen molar-refractivity contribution in [1.29, 1.82) is 0 Å². The van der Waals surface area contributed by atoms with Crippen LogP contribution < -0.4 is 14.4 Å². The molecule has 2 aromatic carbocycles. The van der Waals surface area contributed by atoms with Crippen molar-refractivity contribution in [2.24, 2.45) is 0 Å². The number of hydrogen-bond donors (Lipinski definition) is 1. The Bertz CT molecular complexity index is 1320. The Morgan fingerprint density at radius 3 is 2.11 bits per heavy atom. The summed E-state index contributed by atoms with van der Waals surface area (Å²) < 4.78 is 10.5. The van der Waals surface area contributed by atoms with Gasteiger partial charge in [0.05, 0.1) is 43.0 Å². The number of ether oxygens (including phenoxy) is 2. The fourth-order valence-electron chi connectivity index (χ4n) is 4.09. The minimum atomic E-state index is -1.23. The van der Waals surface area contributed by atoms with Gasteiger partial charge in [-0.25, -0.2) is 0 Å². The Balaban J connectivity index is 1.61. The second-order valence-corrected chi connectivity index (χ2v) is 8.33. The Hall–Kier alpha value is -4.50. The molecule has 0 spiro atoms. The minimum absolute atomic E-state index is 0.121. The Kier molecular flexibility index (Phi) is 8.27. The first-order chi connectivity index (χ1) is 18.0. The zero-order valence-electron chi connectivity index (χ0n) is 20.7. The first-order valence-corrected chi connectivity index (χ1v) is 11.7. The molecule has 0 aliphatic rings. The van der Waals surface area contributed by atoms with E-state index in [-0.39, 0.29) is 17.0 Å². The molecule has 9 heteroatoms. The average Bonchev–Trinajstić information content (AvgIpc) is 2.95. The van der Waals surface area contributed by atoms with E-state index < -0.39 is 11.0 Å². The van der Waals surface area contributed by atoms with Crippen LogP contribution in [-0.2, 0) is 13.0 Å². The number of methoxy groups -OCH3 is 2. The predicted octanol–water partition coefficient (Wildman–Crippen LogP) is 4.73. The maximum absolute atomic E-state index is 11.7. The molecular weight excluding hydrogens is 472 g/mol. The van der Waals surface area contributed by atoms with Crippen molar-refractivity contribution in [3.63, 3.8) is 0 Å². The molecular formula is C28H28N4O5. The average molecular weight is 501 g/mol. The summed E-state index contributed by atoms with van der Waals surface area (Å²) in [4.78, 5) is 22.2. The van der Waals surface area contributed by atoms with E-state index >= 15 is 0 Å². The molecule has 2 heterocycles. The van der Waals surface area contributed by atoms with Crippen molar-refractivity contribution in [2.75, 3.05) is 25.7 Å². The molecule has 37 heavy (non-hydrogen) atoms. The highest BCUT2D eigenvalue weighted by atomic mass is 16.6. The van der Waals surface area contributed by atoms with Gasteiger partial charge in [-0.05, 0) is 48.0 Å². The molecule has 2 aromatic heterocycles. The lowest BCUT2D eigenvalue weighted by molar-refractivity contribution is -0.386. The van der Waals surface area contributed by atoms with Gasteiger partial charge in [-0.1, -0.05) is 24.3 Å². The highest BCUT2D eigenvalue weighted by molar-refractivity contribution is 5.57. The second-order valence-electron chi connectivity index (χ2n) is 8.33. The van der Waals surface area contributed by atoms with Crippen molar-refractivity contribution in [1.82, 2.24) is 9.97 Å². The van der Waals surface area contributed by atoms with Crippen LogP contribution in [0.25, 0.3) is 0 Å². The Morgan fingerprint density at radius 1 is 0.919 bits per heavy atom. The Labute approximate surface area is 215 Å². The fraction of sp³-hybridized carbons (Fsp3) is 0.214. The van der Waals surface area contributed by atoms with E-state index in [1.807, 2.05) is 48.5 Å². The molecule has 0 aliphatic heterocycles. The van der Waals surface area contributed by atoms with Gasteiger partial charge in [-0.2, -0.15) is 0 Å². The SMILES string of the molecule is COc1cc(C(O)c2ccc(N(CCc3ccccn3)Cc3ccccn3)cc2)c([N+](=O)[O-])cc1OC. The molecule has 1 unspecified atom stereocenters. The highest BCUT2D eigenvalue weighted by Crippen LogP contribution is 2.39. The van der Waals surface area contributed by atoms with E-state index in [2.05, 4.69) is 14.9 Å². The monoisotopic (exact) mass is 500 g/mol. The van der Waals surface area contributed by atoms with Crippen LogP contribution in [0, 0.1) is 10.1 Å². The van der Waals surface area contributed by atoms with Crippen LogP contribution >= 0.6 is 0 Å². The summed E-state index contributed by atoms with van der Waals surface area (Å²) in [6.45, 7) is 1.30. The Morgan fingerprint density at radius 2 is 1.54 bits per heavy atom. The van der Waals surface area contributed by atoms with E-state index in [0.29, 0.717) is 24.4 Å². The first kappa shape index (κ1) is 25.6. The van der Waals surface area contributed by atoms with Crippen molar-refractivity contribution < 1.29 is 19.5 Å². The molecule has 4 rings (SSSR count). The summed E-state index contributed by atoms with van der Waals surface area (Å²) >= 11 is 0. The lowest BCUT2D eigenvalue weighted by Gasteiger charge is -2.25. The number of nitro groups is 1. The number of hydrogen-bond acceptors (Lipinski definition) is 8. The molecule has 4 aromatic rings. The number of nitrogens with zero attached hydrogens (tertiary/aromatic N) is 4. The molecule has 0 bridgehead atoms. The number of nitro benzene ring substituents is 1. The number of rotatable bonds is 11. The molecule has 9 nitrogen and oxygen atoms in total. The molecule has 1 N–H and O–H groups in total. The number of aliphatic hydroxyl groups excluding tert-OH is 1. The summed E-state index contributed by atoms with van der Waals surface area (Å²) in [5, 5.41) is 22.8. The van der Waals surface area contributed by atoms with Crippen LogP contribution in [0.5, 0.6) is 11.5 Å². The van der Waals surface area contributed by atoms with Gasteiger partial charge in [0.15, 0.2) is 11.5 Å². The molecule has 0 saturated heterocycles. The summed E-state index contributed by atoms with van der Waals surface area (Å²) in [6, 6.07) is 21.7. The second kappa shape index (κ2) is 12.0. The van der Waals surface area contributed by atoms with Crippen molar-refractivity contribution in [3.8, 4) is 11.5 Å². The van der Waals surface area contributed by atoms with Gasteiger partial charge < -0.3 is 19.5 Å². The van der Waals surface area contributed by atoms with E-state index in [9.17, 15) is 15.2 Å². The van der Waals surface area contributed by atoms with Crippen molar-refractivity contribution in [3.05, 3.63) is 118 Å². The van der Waals surface area contributed by atoms with Crippen LogP contribution in [0.1, 0.15) is 28.6 Å². The molecule has 0 amide bonds. The lowest BCUT2D eigenvalue weighted by atomic mass is 9.98. The quantitative estimate of drug-likeness (QED) is 0.232. The van der Waals surface area contributed by atoms with Gasteiger partial charge >= 0.3 is 0 Å². The maximum atomic E-state index is 11.7. The molecule has 0 aliphatic carbocycles. The highest BCUT2D eigenvalue weighted by Gasteiger charge is 2.26. The van der Waals surface area contributed by atoms with Gasteiger partial charge in [0.25, 0.3) is 5.69 Å². The van der Waals surface area contributed by atoms with E-state index in [1.165, 1.54) is 26.4 Å². The summed E-state index contributed by atoms with van der Waals surface area (Å²) in [5.41, 5.74) is 3.23. The van der Waals surface area contributed by atoms with Gasteiger partial charge in [-0.3, -0.25) is 20.1 Å². The van der Waals surface area contributed by atoms with Crippen LogP contribution in [0.2, 0.25) is 0 Å². The number of anilines is 1. The molecule has 0 saturated carbocycles. The van der Waals surface area contributed by atoms with Gasteiger partial charge in [0.1, 0.15) is 6.10 Å². The normalized spacial score (nSPS) is 11.5. The number of aliphatic hydroxyl groups is 1. The summed E-state index contributed by atoms with van der Waals surface area (Å²) in [7, 11) is 2.84. The smallest absolute Gasteiger partial charge is 0.279 e. The zero-order chi connectivity index (χ0) is 26.2. The largest absolute Gasteiger partial charge is 0.493 e. The first-order valence-electron chi connectivity index (χ1n) is 11.7. The molecule has 190 valence electrons. The summed E-state index contributed by atoms with van der Waals surface area (Å²) in [5.74, 6) is 0.522. The van der Waals surface area contributed by atoms with Crippen molar-refractivity contribution in [2.45, 2.75) is 19.1 Å². The van der Waals surface area contributed by atoms with Crippen molar-refractivity contribution >= 4 is 11.4 Å². The minimum Gasteiger partial charge on any atom is -0.493 e. The van der Waals surface area contributed by atoms with Crippen LogP contribution in [0.4, 0.5) is 11.4 Å². The molecule has 0 fully saturated rings. The third-order valence-electron chi connectivity index (χ3n) is 6.04. The zero-order valence-corrected chi connectivity index (χ0v) is 20.7. The molecule has 0 radical (unpaired) electrons. The van der Waals surface area contributed by atoms with Crippen LogP contribution in [-0.4, -0.2) is 40.8 Å². The number of pyridine rings is 2. The number of aromatic nitrogens is 2. The van der Waals surface area contributed by atoms with Gasteiger partial charge in [-0.15, -0.1) is 0 Å². The van der Waals surface area contributed by atoms with Gasteiger partial charge in [0, 0.05) is 36.7 Å². The maximum Gasteiger partial charge on any atom is 0.279 e.